The first kappa shape index (κ1) is 21.7. The van der Waals surface area contributed by atoms with Crippen LogP contribution in [0.1, 0.15) is 72.0 Å². The molecular weight excluding hydrogens is 428 g/mol. The summed E-state index contributed by atoms with van der Waals surface area (Å²) in [6, 6.07) is 9.71. The van der Waals surface area contributed by atoms with Crippen molar-refractivity contribution in [2.45, 2.75) is 57.5 Å². The number of methoxy groups -OCH3 is 1. The largest absolute Gasteiger partial charge is 0.496 e. The molecule has 3 aliphatic carbocycles. The van der Waals surface area contributed by atoms with Gasteiger partial charge in [-0.2, -0.15) is 0 Å². The van der Waals surface area contributed by atoms with Crippen LogP contribution in [0.4, 0.5) is 0 Å². The van der Waals surface area contributed by atoms with Crippen LogP contribution in [0.5, 0.6) is 17.2 Å². The van der Waals surface area contributed by atoms with Crippen molar-refractivity contribution in [1.82, 2.24) is 0 Å². The molecule has 5 heteroatoms. The number of fused-ring (bicyclic) bond motifs is 6. The van der Waals surface area contributed by atoms with Crippen LogP contribution in [0.2, 0.25) is 0 Å². The number of benzene rings is 2. The molecule has 1 N–H and O–H groups in total. The highest BCUT2D eigenvalue weighted by atomic mass is 16.7. The molecule has 2 aromatic carbocycles. The van der Waals surface area contributed by atoms with Crippen LogP contribution >= 0.6 is 0 Å². The zero-order chi connectivity index (χ0) is 23.4. The number of aliphatic hydroxyl groups excluding tert-OH is 1. The number of aryl methyl sites for hydroxylation is 1. The summed E-state index contributed by atoms with van der Waals surface area (Å²) >= 11 is 0. The molecule has 1 heterocycles. The van der Waals surface area contributed by atoms with Crippen molar-refractivity contribution < 1.29 is 24.1 Å². The molecule has 6 rings (SSSR count). The zero-order valence-electron chi connectivity index (χ0n) is 19.9. The summed E-state index contributed by atoms with van der Waals surface area (Å²) in [5.41, 5.74) is 4.38. The van der Waals surface area contributed by atoms with E-state index in [4.69, 9.17) is 14.2 Å². The monoisotopic (exact) mass is 460 g/mol. The molecule has 1 aliphatic heterocycles. The second-order valence-corrected chi connectivity index (χ2v) is 10.6. The Bertz CT molecular complexity index is 1170. The van der Waals surface area contributed by atoms with Gasteiger partial charge in [0.1, 0.15) is 5.75 Å². The summed E-state index contributed by atoms with van der Waals surface area (Å²) in [4.78, 5) is 12.9. The van der Waals surface area contributed by atoms with Crippen LogP contribution in [-0.2, 0) is 6.42 Å². The first-order valence-corrected chi connectivity index (χ1v) is 12.5. The van der Waals surface area contributed by atoms with Crippen LogP contribution < -0.4 is 14.2 Å². The average molecular weight is 461 g/mol. The highest BCUT2D eigenvalue weighted by Crippen LogP contribution is 2.61. The first-order chi connectivity index (χ1) is 16.5. The average Bonchev–Trinajstić information content (AvgIpc) is 3.45. The zero-order valence-corrected chi connectivity index (χ0v) is 19.9. The molecule has 5 atom stereocenters. The van der Waals surface area contributed by atoms with Crippen LogP contribution in [0.15, 0.2) is 36.4 Å². The van der Waals surface area contributed by atoms with Gasteiger partial charge in [-0.05, 0) is 115 Å². The predicted octanol–water partition coefficient (Wildman–Crippen LogP) is 5.54. The standard InChI is InChI=1S/C29H32O5/c1-29-12-11-20-21(23(29)7-10-28(29)31)6-3-17-14-26(32-2)19(13-22(17)20)4-8-24(30)18-5-9-25-27(15-18)34-16-33-25/h4-5,8-9,13-15,20-21,23,28,31H,3,6-7,10-12,16H2,1-2H3/b8-4+/t20-,21+,23-,28-,29-/m0/s1. The molecule has 2 saturated carbocycles. The lowest BCUT2D eigenvalue weighted by Gasteiger charge is -2.50. The van der Waals surface area contributed by atoms with Crippen LogP contribution in [-0.4, -0.2) is 30.9 Å². The Balaban J connectivity index is 1.29. The molecule has 0 radical (unpaired) electrons. The maximum absolute atomic E-state index is 12.9. The normalized spacial score (nSPS) is 31.1. The van der Waals surface area contributed by atoms with Crippen molar-refractivity contribution in [3.8, 4) is 17.2 Å². The van der Waals surface area contributed by atoms with Gasteiger partial charge in [-0.1, -0.05) is 6.92 Å². The van der Waals surface area contributed by atoms with E-state index in [-0.39, 0.29) is 24.1 Å². The minimum atomic E-state index is -0.156. The molecule has 2 aromatic rings. The number of ketones is 1. The molecule has 2 fully saturated rings. The summed E-state index contributed by atoms with van der Waals surface area (Å²) < 4.78 is 16.5. The smallest absolute Gasteiger partial charge is 0.231 e. The van der Waals surface area contributed by atoms with E-state index >= 15 is 0 Å². The van der Waals surface area contributed by atoms with Gasteiger partial charge < -0.3 is 19.3 Å². The van der Waals surface area contributed by atoms with E-state index in [0.29, 0.717) is 34.8 Å². The minimum Gasteiger partial charge on any atom is -0.496 e. The summed E-state index contributed by atoms with van der Waals surface area (Å²) in [7, 11) is 1.69. The number of carbonyl (C=O) groups is 1. The Morgan fingerprint density at radius 3 is 2.82 bits per heavy atom. The summed E-state index contributed by atoms with van der Waals surface area (Å²) in [5, 5.41) is 10.7. The third kappa shape index (κ3) is 3.36. The first-order valence-electron chi connectivity index (χ1n) is 12.5. The van der Waals surface area contributed by atoms with E-state index in [1.807, 2.05) is 6.08 Å². The van der Waals surface area contributed by atoms with Gasteiger partial charge in [0.15, 0.2) is 17.3 Å². The molecule has 4 aliphatic rings. The van der Waals surface area contributed by atoms with Gasteiger partial charge in [0.2, 0.25) is 6.79 Å². The lowest BCUT2D eigenvalue weighted by molar-refractivity contribution is -0.0226. The molecule has 5 nitrogen and oxygen atoms in total. The number of allylic oxidation sites excluding steroid dienone is 1. The quantitative estimate of drug-likeness (QED) is 0.480. The fourth-order valence-electron chi connectivity index (χ4n) is 7.21. The third-order valence-electron chi connectivity index (χ3n) is 9.10. The van der Waals surface area contributed by atoms with Crippen molar-refractivity contribution in [1.29, 1.82) is 0 Å². The predicted molar refractivity (Wildman–Crippen MR) is 130 cm³/mol. The number of ether oxygens (including phenoxy) is 3. The second kappa shape index (κ2) is 8.16. The molecule has 178 valence electrons. The molecule has 0 bridgehead atoms. The number of carbonyl (C=O) groups excluding carboxylic acids is 1. The molecular formula is C29H32O5. The van der Waals surface area contributed by atoms with Crippen molar-refractivity contribution >= 4 is 11.9 Å². The van der Waals surface area contributed by atoms with Gasteiger partial charge in [-0.3, -0.25) is 4.79 Å². The molecule has 0 aromatic heterocycles. The van der Waals surface area contributed by atoms with Crippen LogP contribution in [0.3, 0.4) is 0 Å². The van der Waals surface area contributed by atoms with Gasteiger partial charge in [-0.25, -0.2) is 0 Å². The Kier molecular flexibility index (Phi) is 5.21. The topological polar surface area (TPSA) is 65.0 Å². The van der Waals surface area contributed by atoms with E-state index in [2.05, 4.69) is 19.1 Å². The van der Waals surface area contributed by atoms with Crippen molar-refractivity contribution in [3.63, 3.8) is 0 Å². The molecule has 0 unspecified atom stereocenters. The van der Waals surface area contributed by atoms with Gasteiger partial charge in [-0.15, -0.1) is 0 Å². The molecule has 0 spiro atoms. The lowest BCUT2D eigenvalue weighted by Crippen LogP contribution is -2.43. The number of hydrogen-bond acceptors (Lipinski definition) is 5. The van der Waals surface area contributed by atoms with Gasteiger partial charge in [0.25, 0.3) is 0 Å². The van der Waals surface area contributed by atoms with E-state index in [1.54, 1.807) is 31.4 Å². The Morgan fingerprint density at radius 1 is 1.12 bits per heavy atom. The highest BCUT2D eigenvalue weighted by molar-refractivity contribution is 6.07. The van der Waals surface area contributed by atoms with Crippen molar-refractivity contribution in [3.05, 3.63) is 58.7 Å². The Labute approximate surface area is 200 Å². The van der Waals surface area contributed by atoms with E-state index in [1.165, 1.54) is 17.5 Å². The van der Waals surface area contributed by atoms with Crippen LogP contribution in [0, 0.1) is 17.3 Å². The fraction of sp³-hybridized carbons (Fsp3) is 0.483. The highest BCUT2D eigenvalue weighted by Gasteiger charge is 2.54. The van der Waals surface area contributed by atoms with Crippen molar-refractivity contribution in [2.75, 3.05) is 13.9 Å². The number of aliphatic hydroxyl groups is 1. The lowest BCUT2D eigenvalue weighted by atomic mass is 9.55. The summed E-state index contributed by atoms with van der Waals surface area (Å²) in [5.74, 6) is 3.76. The van der Waals surface area contributed by atoms with Gasteiger partial charge >= 0.3 is 0 Å². The van der Waals surface area contributed by atoms with Crippen LogP contribution in [0.25, 0.3) is 6.08 Å². The second-order valence-electron chi connectivity index (χ2n) is 10.6. The maximum atomic E-state index is 12.9. The van der Waals surface area contributed by atoms with E-state index in [0.717, 1.165) is 43.4 Å². The summed E-state index contributed by atoms with van der Waals surface area (Å²) in [6.45, 7) is 2.50. The molecule has 0 amide bonds. The number of hydrogen-bond donors (Lipinski definition) is 1. The fourth-order valence-corrected chi connectivity index (χ4v) is 7.21. The number of rotatable bonds is 4. The van der Waals surface area contributed by atoms with Gasteiger partial charge in [0, 0.05) is 11.1 Å². The van der Waals surface area contributed by atoms with Gasteiger partial charge in [0.05, 0.1) is 13.2 Å². The summed E-state index contributed by atoms with van der Waals surface area (Å²) in [6.07, 6.45) is 9.86. The third-order valence-corrected chi connectivity index (χ3v) is 9.10. The van der Waals surface area contributed by atoms with E-state index in [9.17, 15) is 9.90 Å². The van der Waals surface area contributed by atoms with E-state index < -0.39 is 0 Å². The maximum Gasteiger partial charge on any atom is 0.231 e. The minimum absolute atomic E-state index is 0.0743. The SMILES string of the molecule is COc1cc2c(cc1/C=C/C(=O)c1ccc3c(c1)OCO3)[C@H]1CC[C@]3(C)[C@@H](O)CC[C@H]3[C@@H]1CC2. The van der Waals surface area contributed by atoms with Crippen molar-refractivity contribution in [2.24, 2.45) is 17.3 Å². The Morgan fingerprint density at radius 2 is 1.97 bits per heavy atom. The molecule has 0 saturated heterocycles. The Hall–Kier alpha value is -2.79. The molecule has 34 heavy (non-hydrogen) atoms.